The normalized spacial score (nSPS) is 10.6. The van der Waals surface area contributed by atoms with E-state index < -0.39 is 17.7 Å². The number of carbonyl (C=O) groups is 3. The number of nitrogens with one attached hydrogen (secondary N) is 3. The Morgan fingerprint density at radius 1 is 0.568 bits per heavy atom. The molecule has 37 heavy (non-hydrogen) atoms. The highest BCUT2D eigenvalue weighted by Crippen LogP contribution is 1.97. The molecular formula is C24H24N4O9. The number of carbonyl (C=O) groups excluding carboxylic acids is 3. The van der Waals surface area contributed by atoms with Gasteiger partial charge < -0.3 is 29.2 Å². The fourth-order valence-electron chi connectivity index (χ4n) is 3.09. The maximum atomic E-state index is 12.2. The average molecular weight is 512 g/mol. The molecule has 0 aliphatic carbocycles. The SMILES string of the molecule is O=C(NCCN(CCNC(=O)c1cc(=O)cco1)CCNC(=O)c1cc(=O)cco1)c1cc(=O)cco1. The van der Waals surface area contributed by atoms with Gasteiger partial charge in [0.1, 0.15) is 0 Å². The van der Waals surface area contributed by atoms with Crippen molar-refractivity contribution in [2.45, 2.75) is 0 Å². The van der Waals surface area contributed by atoms with Gasteiger partial charge in [0.25, 0.3) is 17.7 Å². The second-order valence-corrected chi connectivity index (χ2v) is 7.60. The lowest BCUT2D eigenvalue weighted by atomic mass is 10.3. The van der Waals surface area contributed by atoms with Crippen molar-refractivity contribution in [2.24, 2.45) is 0 Å². The first-order chi connectivity index (χ1) is 17.8. The Morgan fingerprint density at radius 2 is 0.865 bits per heavy atom. The summed E-state index contributed by atoms with van der Waals surface area (Å²) in [5.74, 6) is -2.11. The molecule has 3 N–H and O–H groups in total. The predicted molar refractivity (Wildman–Crippen MR) is 128 cm³/mol. The third-order valence-corrected chi connectivity index (χ3v) is 4.91. The van der Waals surface area contributed by atoms with Gasteiger partial charge in [-0.3, -0.25) is 33.7 Å². The lowest BCUT2D eigenvalue weighted by molar-refractivity contribution is 0.0917. The molecule has 0 saturated heterocycles. The van der Waals surface area contributed by atoms with Crippen molar-refractivity contribution in [3.8, 4) is 0 Å². The van der Waals surface area contributed by atoms with E-state index in [9.17, 15) is 28.8 Å². The monoisotopic (exact) mass is 512 g/mol. The van der Waals surface area contributed by atoms with Crippen LogP contribution in [0.15, 0.2) is 82.8 Å². The van der Waals surface area contributed by atoms with Crippen molar-refractivity contribution in [1.29, 1.82) is 0 Å². The molecule has 0 unspecified atom stereocenters. The van der Waals surface area contributed by atoms with Gasteiger partial charge in [0.05, 0.1) is 18.8 Å². The van der Waals surface area contributed by atoms with Crippen LogP contribution in [0.5, 0.6) is 0 Å². The zero-order chi connectivity index (χ0) is 26.6. The summed E-state index contributed by atoms with van der Waals surface area (Å²) in [6.45, 7) is 1.45. The third-order valence-electron chi connectivity index (χ3n) is 4.91. The molecule has 0 spiro atoms. The van der Waals surface area contributed by atoms with E-state index in [0.29, 0.717) is 19.6 Å². The molecule has 0 saturated carbocycles. The highest BCUT2D eigenvalue weighted by Gasteiger charge is 2.14. The molecule has 13 heteroatoms. The summed E-state index contributed by atoms with van der Waals surface area (Å²) >= 11 is 0. The summed E-state index contributed by atoms with van der Waals surface area (Å²) in [6, 6.07) is 6.76. The van der Waals surface area contributed by atoms with E-state index in [4.69, 9.17) is 13.3 Å². The fourth-order valence-corrected chi connectivity index (χ4v) is 3.09. The molecule has 3 rings (SSSR count). The predicted octanol–water partition coefficient (Wildman–Crippen LogP) is -0.562. The Morgan fingerprint density at radius 3 is 1.14 bits per heavy atom. The minimum Gasteiger partial charge on any atom is -0.459 e. The summed E-state index contributed by atoms with van der Waals surface area (Å²) in [4.78, 5) is 72.7. The topological polar surface area (TPSA) is 181 Å². The second-order valence-electron chi connectivity index (χ2n) is 7.60. The number of amides is 3. The van der Waals surface area contributed by atoms with Gasteiger partial charge in [-0.2, -0.15) is 0 Å². The molecule has 13 nitrogen and oxygen atoms in total. The van der Waals surface area contributed by atoms with E-state index in [-0.39, 0.29) is 53.2 Å². The van der Waals surface area contributed by atoms with Crippen LogP contribution in [0.3, 0.4) is 0 Å². The van der Waals surface area contributed by atoms with E-state index >= 15 is 0 Å². The Labute approximate surface area is 209 Å². The number of rotatable bonds is 12. The highest BCUT2D eigenvalue weighted by molar-refractivity contribution is 5.92. The van der Waals surface area contributed by atoms with Gasteiger partial charge in [0.2, 0.25) is 0 Å². The van der Waals surface area contributed by atoms with Crippen molar-refractivity contribution in [1.82, 2.24) is 20.9 Å². The van der Waals surface area contributed by atoms with Crippen molar-refractivity contribution in [3.05, 3.63) is 103 Å². The number of nitrogens with zero attached hydrogens (tertiary/aromatic N) is 1. The van der Waals surface area contributed by atoms with Crippen LogP contribution in [0.25, 0.3) is 0 Å². The summed E-state index contributed by atoms with van der Waals surface area (Å²) in [5, 5.41) is 7.90. The van der Waals surface area contributed by atoms with Crippen LogP contribution in [0.4, 0.5) is 0 Å². The van der Waals surface area contributed by atoms with Gasteiger partial charge in [0, 0.05) is 75.7 Å². The van der Waals surface area contributed by atoms with E-state index in [1.807, 2.05) is 4.90 Å². The quantitative estimate of drug-likeness (QED) is 0.284. The molecule has 3 aromatic rings. The molecule has 0 radical (unpaired) electrons. The van der Waals surface area contributed by atoms with Crippen molar-refractivity contribution in [3.63, 3.8) is 0 Å². The van der Waals surface area contributed by atoms with Crippen molar-refractivity contribution in [2.75, 3.05) is 39.3 Å². The molecule has 0 aliphatic rings. The second kappa shape index (κ2) is 13.3. The molecule has 0 aliphatic heterocycles. The van der Waals surface area contributed by atoms with E-state index in [2.05, 4.69) is 16.0 Å². The molecule has 194 valence electrons. The first-order valence-corrected chi connectivity index (χ1v) is 11.2. The lowest BCUT2D eigenvalue weighted by Crippen LogP contribution is -2.43. The Balaban J connectivity index is 1.53. The maximum absolute atomic E-state index is 12.2. The van der Waals surface area contributed by atoms with Gasteiger partial charge in [-0.1, -0.05) is 0 Å². The molecule has 3 aromatic heterocycles. The molecule has 3 heterocycles. The van der Waals surface area contributed by atoms with Gasteiger partial charge in [0.15, 0.2) is 33.6 Å². The van der Waals surface area contributed by atoms with Crippen LogP contribution in [0.1, 0.15) is 31.7 Å². The Bertz CT molecular complexity index is 1240. The zero-order valence-electron chi connectivity index (χ0n) is 19.6. The van der Waals surface area contributed by atoms with Crippen LogP contribution in [-0.4, -0.2) is 61.9 Å². The molecule has 0 aromatic carbocycles. The van der Waals surface area contributed by atoms with Gasteiger partial charge >= 0.3 is 0 Å². The number of hydrogen-bond acceptors (Lipinski definition) is 10. The minimum absolute atomic E-state index is 0.132. The average Bonchev–Trinajstić information content (AvgIpc) is 2.88. The van der Waals surface area contributed by atoms with Crippen LogP contribution in [0.2, 0.25) is 0 Å². The van der Waals surface area contributed by atoms with Gasteiger partial charge in [-0.25, -0.2) is 0 Å². The maximum Gasteiger partial charge on any atom is 0.287 e. The minimum atomic E-state index is -0.572. The van der Waals surface area contributed by atoms with Gasteiger partial charge in [-0.05, 0) is 0 Å². The fraction of sp³-hybridized carbons (Fsp3) is 0.250. The van der Waals surface area contributed by atoms with Crippen molar-refractivity contribution < 1.29 is 27.6 Å². The van der Waals surface area contributed by atoms with E-state index in [0.717, 1.165) is 37.0 Å². The van der Waals surface area contributed by atoms with Crippen LogP contribution in [0, 0.1) is 0 Å². The largest absolute Gasteiger partial charge is 0.459 e. The summed E-state index contributed by atoms with van der Waals surface area (Å²) in [7, 11) is 0. The van der Waals surface area contributed by atoms with Gasteiger partial charge in [-0.15, -0.1) is 0 Å². The molecule has 0 fully saturated rings. The number of hydrogen-bond donors (Lipinski definition) is 3. The highest BCUT2D eigenvalue weighted by atomic mass is 16.3. The van der Waals surface area contributed by atoms with Crippen molar-refractivity contribution >= 4 is 17.7 Å². The first kappa shape index (κ1) is 26.8. The molecule has 3 amide bonds. The summed E-state index contributed by atoms with van der Waals surface area (Å²) in [5.41, 5.74) is -1.10. The first-order valence-electron chi connectivity index (χ1n) is 11.2. The van der Waals surface area contributed by atoms with Crippen LogP contribution < -0.4 is 32.2 Å². The standard InChI is InChI=1S/C24H24N4O9/c29-16-1-10-35-19(13-16)22(32)25-4-7-28(8-5-26-23(33)20-14-17(30)2-11-36-20)9-6-27-24(34)21-15-18(31)3-12-37-21/h1-3,10-15H,4-9H2,(H,25,32)(H,26,33)(H,27,34). The summed E-state index contributed by atoms with van der Waals surface area (Å²) < 4.78 is 15.1. The summed E-state index contributed by atoms with van der Waals surface area (Å²) in [6.07, 6.45) is 3.37. The third kappa shape index (κ3) is 8.74. The molecular weight excluding hydrogens is 488 g/mol. The molecule has 0 bridgehead atoms. The smallest absolute Gasteiger partial charge is 0.287 e. The van der Waals surface area contributed by atoms with E-state index in [1.165, 1.54) is 18.2 Å². The Kier molecular flexibility index (Phi) is 9.67. The molecule has 0 atom stereocenters. The van der Waals surface area contributed by atoms with Crippen LogP contribution >= 0.6 is 0 Å². The van der Waals surface area contributed by atoms with Crippen LogP contribution in [-0.2, 0) is 0 Å². The van der Waals surface area contributed by atoms with E-state index in [1.54, 1.807) is 0 Å². The zero-order valence-corrected chi connectivity index (χ0v) is 19.6. The Hall–Kier alpha value is -4.78. The lowest BCUT2D eigenvalue weighted by Gasteiger charge is -2.22.